The van der Waals surface area contributed by atoms with Gasteiger partial charge in [-0.2, -0.15) is 0 Å². The van der Waals surface area contributed by atoms with E-state index in [0.717, 1.165) is 11.3 Å². The van der Waals surface area contributed by atoms with E-state index in [4.69, 9.17) is 22.7 Å². The van der Waals surface area contributed by atoms with Crippen LogP contribution in [0.2, 0.25) is 0 Å². The van der Waals surface area contributed by atoms with Crippen LogP contribution in [0.15, 0.2) is 24.3 Å². The average molecular weight is 294 g/mol. The molecular formula is C15H22N2O2S. The lowest BCUT2D eigenvalue weighted by Gasteiger charge is -2.28. The van der Waals surface area contributed by atoms with Crippen molar-refractivity contribution in [3.63, 3.8) is 0 Å². The van der Waals surface area contributed by atoms with Gasteiger partial charge in [-0.15, -0.1) is 0 Å². The fourth-order valence-electron chi connectivity index (χ4n) is 1.66. The van der Waals surface area contributed by atoms with Crippen molar-refractivity contribution in [3.05, 3.63) is 29.8 Å². The molecule has 1 unspecified atom stereocenters. The van der Waals surface area contributed by atoms with Crippen LogP contribution in [0.5, 0.6) is 5.75 Å². The lowest BCUT2D eigenvalue weighted by molar-refractivity contribution is -0.122. The fraction of sp³-hybridized carbons (Fsp3) is 0.467. The molecule has 0 fully saturated rings. The zero-order valence-corrected chi connectivity index (χ0v) is 13.0. The summed E-state index contributed by atoms with van der Waals surface area (Å²) in [6.45, 7) is 6.08. The molecule has 1 aromatic rings. The molecule has 0 saturated carbocycles. The first kappa shape index (κ1) is 16.4. The summed E-state index contributed by atoms with van der Waals surface area (Å²) in [4.78, 5) is 12.2. The van der Waals surface area contributed by atoms with E-state index in [1.165, 1.54) is 0 Å². The number of aryl methyl sites for hydroxylation is 1. The number of carbonyl (C=O) groups excluding carboxylic acids is 1. The number of hydrogen-bond acceptors (Lipinski definition) is 3. The second-order valence-electron chi connectivity index (χ2n) is 5.01. The highest BCUT2D eigenvalue weighted by Gasteiger charge is 2.27. The molecule has 110 valence electrons. The summed E-state index contributed by atoms with van der Waals surface area (Å²) in [5, 5.41) is 2.86. The van der Waals surface area contributed by atoms with Gasteiger partial charge < -0.3 is 15.8 Å². The largest absolute Gasteiger partial charge is 0.493 e. The van der Waals surface area contributed by atoms with E-state index in [0.29, 0.717) is 18.0 Å². The predicted molar refractivity (Wildman–Crippen MR) is 84.9 cm³/mol. The van der Waals surface area contributed by atoms with Crippen LogP contribution >= 0.6 is 12.2 Å². The molecule has 0 aromatic heterocycles. The van der Waals surface area contributed by atoms with E-state index in [1.54, 1.807) is 0 Å². The molecule has 0 heterocycles. The second-order valence-corrected chi connectivity index (χ2v) is 5.45. The van der Waals surface area contributed by atoms with Crippen molar-refractivity contribution in [2.45, 2.75) is 39.2 Å². The lowest BCUT2D eigenvalue weighted by atomic mass is 9.99. The summed E-state index contributed by atoms with van der Waals surface area (Å²) in [6.07, 6.45) is 0.930. The van der Waals surface area contributed by atoms with Gasteiger partial charge in [-0.3, -0.25) is 4.79 Å². The molecule has 20 heavy (non-hydrogen) atoms. The van der Waals surface area contributed by atoms with Gasteiger partial charge in [0.1, 0.15) is 5.75 Å². The van der Waals surface area contributed by atoms with Gasteiger partial charge in [0.15, 0.2) is 0 Å². The lowest BCUT2D eigenvalue weighted by Crippen LogP contribution is -2.54. The molecule has 4 nitrogen and oxygen atoms in total. The molecule has 0 aliphatic heterocycles. The fourth-order valence-corrected chi connectivity index (χ4v) is 1.86. The molecule has 1 aromatic carbocycles. The molecule has 5 heteroatoms. The van der Waals surface area contributed by atoms with Gasteiger partial charge in [0.2, 0.25) is 5.91 Å². The number of nitrogens with one attached hydrogen (secondary N) is 1. The maximum atomic E-state index is 11.9. The molecule has 1 atom stereocenters. The van der Waals surface area contributed by atoms with E-state index >= 15 is 0 Å². The van der Waals surface area contributed by atoms with Gasteiger partial charge in [0.25, 0.3) is 0 Å². The highest BCUT2D eigenvalue weighted by molar-refractivity contribution is 7.80. The Morgan fingerprint density at radius 2 is 2.20 bits per heavy atom. The number of ether oxygens (including phenoxy) is 1. The maximum Gasteiger partial charge on any atom is 0.224 e. The van der Waals surface area contributed by atoms with Crippen molar-refractivity contribution in [2.24, 2.45) is 5.73 Å². The van der Waals surface area contributed by atoms with Crippen molar-refractivity contribution in [1.82, 2.24) is 5.32 Å². The Bertz CT molecular complexity index is 491. The summed E-state index contributed by atoms with van der Waals surface area (Å²) in [5.41, 5.74) is 6.15. The van der Waals surface area contributed by atoms with Crippen molar-refractivity contribution in [2.75, 3.05) is 6.61 Å². The Hall–Kier alpha value is -1.62. The van der Waals surface area contributed by atoms with Crippen LogP contribution in [0, 0.1) is 6.92 Å². The number of hydrogen-bond donors (Lipinski definition) is 2. The second kappa shape index (κ2) is 7.24. The first-order valence-corrected chi connectivity index (χ1v) is 7.08. The van der Waals surface area contributed by atoms with Crippen LogP contribution in [0.25, 0.3) is 0 Å². The van der Waals surface area contributed by atoms with Crippen molar-refractivity contribution in [1.29, 1.82) is 0 Å². The quantitative estimate of drug-likeness (QED) is 0.758. The number of amides is 1. The molecule has 1 rings (SSSR count). The van der Waals surface area contributed by atoms with Crippen LogP contribution in [0.3, 0.4) is 0 Å². The third-order valence-corrected chi connectivity index (χ3v) is 3.70. The van der Waals surface area contributed by atoms with Gasteiger partial charge in [0, 0.05) is 0 Å². The van der Waals surface area contributed by atoms with Crippen molar-refractivity contribution < 1.29 is 9.53 Å². The Morgan fingerprint density at radius 1 is 1.50 bits per heavy atom. The van der Waals surface area contributed by atoms with E-state index in [1.807, 2.05) is 45.0 Å². The van der Waals surface area contributed by atoms with Gasteiger partial charge in [-0.25, -0.2) is 0 Å². The minimum atomic E-state index is -0.629. The zero-order valence-electron chi connectivity index (χ0n) is 12.2. The maximum absolute atomic E-state index is 11.9. The molecule has 0 aliphatic carbocycles. The molecule has 0 aliphatic rings. The Kier molecular flexibility index (Phi) is 5.95. The number of rotatable bonds is 7. The summed E-state index contributed by atoms with van der Waals surface area (Å²) in [7, 11) is 0. The number of thiocarbonyl (C=S) groups is 1. The standard InChI is InChI=1S/C15H22N2O2S/c1-4-15(3,14(16)20)17-13(18)8-9-19-12-7-5-6-11(2)10-12/h5-7,10H,4,8-9H2,1-3H3,(H2,16,20)(H,17,18). The normalized spacial score (nSPS) is 13.3. The Balaban J connectivity index is 2.42. The zero-order chi connectivity index (χ0) is 15.2. The topological polar surface area (TPSA) is 64.3 Å². The molecular weight excluding hydrogens is 272 g/mol. The minimum Gasteiger partial charge on any atom is -0.493 e. The monoisotopic (exact) mass is 294 g/mol. The highest BCUT2D eigenvalue weighted by Crippen LogP contribution is 2.13. The molecule has 0 spiro atoms. The Labute approximate surface area is 125 Å². The predicted octanol–water partition coefficient (Wildman–Crippen LogP) is 2.33. The molecule has 0 bridgehead atoms. The summed E-state index contributed by atoms with van der Waals surface area (Å²) < 4.78 is 5.54. The van der Waals surface area contributed by atoms with E-state index in [-0.39, 0.29) is 12.3 Å². The summed E-state index contributed by atoms with van der Waals surface area (Å²) >= 11 is 4.98. The molecule has 0 radical (unpaired) electrons. The third-order valence-electron chi connectivity index (χ3n) is 3.25. The van der Waals surface area contributed by atoms with Crippen molar-refractivity contribution >= 4 is 23.1 Å². The van der Waals surface area contributed by atoms with E-state index in [2.05, 4.69) is 5.32 Å². The van der Waals surface area contributed by atoms with Crippen molar-refractivity contribution in [3.8, 4) is 5.75 Å². The van der Waals surface area contributed by atoms with Crippen LogP contribution in [0.1, 0.15) is 32.3 Å². The third kappa shape index (κ3) is 4.81. The molecule has 0 saturated heterocycles. The SMILES string of the molecule is CCC(C)(NC(=O)CCOc1cccc(C)c1)C(N)=S. The molecule has 1 amide bonds. The summed E-state index contributed by atoms with van der Waals surface area (Å²) in [6, 6.07) is 7.72. The van der Waals surface area contributed by atoms with Gasteiger partial charge in [0.05, 0.1) is 23.6 Å². The minimum absolute atomic E-state index is 0.116. The number of benzene rings is 1. The van der Waals surface area contributed by atoms with E-state index in [9.17, 15) is 4.79 Å². The average Bonchev–Trinajstić information content (AvgIpc) is 2.38. The van der Waals surface area contributed by atoms with E-state index < -0.39 is 5.54 Å². The highest BCUT2D eigenvalue weighted by atomic mass is 32.1. The number of carbonyl (C=O) groups is 1. The van der Waals surface area contributed by atoms with Crippen LogP contribution < -0.4 is 15.8 Å². The van der Waals surface area contributed by atoms with Crippen LogP contribution in [0.4, 0.5) is 0 Å². The molecule has 3 N–H and O–H groups in total. The van der Waals surface area contributed by atoms with Gasteiger partial charge in [-0.05, 0) is 38.0 Å². The Morgan fingerprint density at radius 3 is 2.75 bits per heavy atom. The number of nitrogens with two attached hydrogens (primary N) is 1. The van der Waals surface area contributed by atoms with Crippen LogP contribution in [-0.4, -0.2) is 23.0 Å². The first-order chi connectivity index (χ1) is 9.37. The van der Waals surface area contributed by atoms with Gasteiger partial charge >= 0.3 is 0 Å². The summed E-state index contributed by atoms with van der Waals surface area (Å²) in [5.74, 6) is 0.653. The smallest absolute Gasteiger partial charge is 0.224 e. The van der Waals surface area contributed by atoms with Crippen LogP contribution in [-0.2, 0) is 4.79 Å². The van der Waals surface area contributed by atoms with Gasteiger partial charge in [-0.1, -0.05) is 31.3 Å². The first-order valence-electron chi connectivity index (χ1n) is 6.68.